The smallest absolute Gasteiger partial charge is 0.238 e. The van der Waals surface area contributed by atoms with E-state index in [2.05, 4.69) is 27.3 Å². The van der Waals surface area contributed by atoms with Gasteiger partial charge in [-0.3, -0.25) is 4.90 Å². The second kappa shape index (κ2) is 7.05. The lowest BCUT2D eigenvalue weighted by atomic mass is 10.1. The SMILES string of the molecule is ClC1CCN(CCOC2=C(c3ccccc3)CN=N2)CC1. The van der Waals surface area contributed by atoms with Crippen molar-refractivity contribution in [1.82, 2.24) is 4.90 Å². The Bertz CT molecular complexity index is 522. The van der Waals surface area contributed by atoms with Crippen molar-refractivity contribution in [2.24, 2.45) is 10.2 Å². The molecule has 0 aliphatic carbocycles. The maximum Gasteiger partial charge on any atom is 0.238 e. The van der Waals surface area contributed by atoms with Crippen molar-refractivity contribution >= 4 is 17.2 Å². The maximum atomic E-state index is 6.11. The molecular weight excluding hydrogens is 286 g/mol. The molecule has 0 atom stereocenters. The number of piperidine rings is 1. The van der Waals surface area contributed by atoms with Gasteiger partial charge in [0.05, 0.1) is 6.54 Å². The van der Waals surface area contributed by atoms with Crippen LogP contribution in [0.4, 0.5) is 0 Å². The van der Waals surface area contributed by atoms with Gasteiger partial charge >= 0.3 is 0 Å². The van der Waals surface area contributed by atoms with Gasteiger partial charge in [-0.15, -0.1) is 16.7 Å². The Morgan fingerprint density at radius 2 is 1.95 bits per heavy atom. The van der Waals surface area contributed by atoms with Gasteiger partial charge in [-0.05, 0) is 31.5 Å². The summed E-state index contributed by atoms with van der Waals surface area (Å²) in [5.41, 5.74) is 2.22. The van der Waals surface area contributed by atoms with E-state index in [1.54, 1.807) is 0 Å². The van der Waals surface area contributed by atoms with Crippen molar-refractivity contribution in [2.75, 3.05) is 32.8 Å². The van der Waals surface area contributed by atoms with E-state index < -0.39 is 0 Å². The third-order valence-corrected chi connectivity index (χ3v) is 4.37. The first-order valence-corrected chi connectivity index (χ1v) is 7.92. The van der Waals surface area contributed by atoms with Crippen LogP contribution in [0.5, 0.6) is 0 Å². The van der Waals surface area contributed by atoms with Gasteiger partial charge in [-0.25, -0.2) is 0 Å². The first-order valence-electron chi connectivity index (χ1n) is 7.48. The summed E-state index contributed by atoms with van der Waals surface area (Å²) < 4.78 is 5.84. The monoisotopic (exact) mass is 305 g/mol. The average molecular weight is 306 g/mol. The van der Waals surface area contributed by atoms with Gasteiger partial charge in [0.2, 0.25) is 5.88 Å². The third kappa shape index (κ3) is 3.83. The highest BCUT2D eigenvalue weighted by Crippen LogP contribution is 2.26. The molecule has 0 N–H and O–H groups in total. The molecule has 112 valence electrons. The van der Waals surface area contributed by atoms with Crippen molar-refractivity contribution in [2.45, 2.75) is 18.2 Å². The second-order valence-corrected chi connectivity index (χ2v) is 6.03. The number of hydrogen-bond donors (Lipinski definition) is 0. The summed E-state index contributed by atoms with van der Waals surface area (Å²) in [7, 11) is 0. The van der Waals surface area contributed by atoms with Gasteiger partial charge in [-0.2, -0.15) is 5.11 Å². The van der Waals surface area contributed by atoms with Crippen LogP contribution in [0.2, 0.25) is 0 Å². The summed E-state index contributed by atoms with van der Waals surface area (Å²) in [6, 6.07) is 10.2. The summed E-state index contributed by atoms with van der Waals surface area (Å²) >= 11 is 6.11. The Kier molecular flexibility index (Phi) is 4.88. The van der Waals surface area contributed by atoms with Crippen LogP contribution in [0.1, 0.15) is 18.4 Å². The van der Waals surface area contributed by atoms with Crippen molar-refractivity contribution < 1.29 is 4.74 Å². The summed E-state index contributed by atoms with van der Waals surface area (Å²) in [5, 5.41) is 8.57. The molecule has 2 heterocycles. The van der Waals surface area contributed by atoms with Crippen molar-refractivity contribution in [1.29, 1.82) is 0 Å². The number of benzene rings is 1. The molecule has 0 unspecified atom stereocenters. The van der Waals surface area contributed by atoms with Gasteiger partial charge in [0, 0.05) is 17.5 Å². The molecular formula is C16H20ClN3O. The number of likely N-dealkylation sites (tertiary alicyclic amines) is 1. The molecule has 1 saturated heterocycles. The Balaban J connectivity index is 1.53. The fourth-order valence-electron chi connectivity index (χ4n) is 2.66. The zero-order valence-electron chi connectivity index (χ0n) is 12.0. The molecule has 4 nitrogen and oxygen atoms in total. The highest BCUT2D eigenvalue weighted by molar-refractivity contribution is 6.20. The van der Waals surface area contributed by atoms with E-state index in [4.69, 9.17) is 16.3 Å². The molecule has 0 amide bonds. The van der Waals surface area contributed by atoms with Crippen LogP contribution < -0.4 is 0 Å². The Labute approximate surface area is 130 Å². The number of hydrogen-bond acceptors (Lipinski definition) is 4. The fraction of sp³-hybridized carbons (Fsp3) is 0.500. The van der Waals surface area contributed by atoms with Gasteiger partial charge in [0.15, 0.2) is 0 Å². The van der Waals surface area contributed by atoms with E-state index in [1.807, 2.05) is 18.2 Å². The Morgan fingerprint density at radius 3 is 2.71 bits per heavy atom. The minimum atomic E-state index is 0.346. The molecule has 3 rings (SSSR count). The number of azo groups is 1. The maximum absolute atomic E-state index is 6.11. The molecule has 21 heavy (non-hydrogen) atoms. The van der Waals surface area contributed by atoms with Gasteiger partial charge < -0.3 is 4.74 Å². The van der Waals surface area contributed by atoms with E-state index >= 15 is 0 Å². The van der Waals surface area contributed by atoms with E-state index in [0.29, 0.717) is 24.4 Å². The number of alkyl halides is 1. The average Bonchev–Trinajstić information content (AvgIpc) is 2.99. The van der Waals surface area contributed by atoms with Crippen molar-refractivity contribution in [3.05, 3.63) is 41.8 Å². The Morgan fingerprint density at radius 1 is 1.19 bits per heavy atom. The normalized spacial score (nSPS) is 20.2. The number of nitrogens with zero attached hydrogens (tertiary/aromatic N) is 3. The number of ether oxygens (including phenoxy) is 1. The van der Waals surface area contributed by atoms with Crippen LogP contribution in [-0.2, 0) is 4.74 Å². The van der Waals surface area contributed by atoms with Crippen LogP contribution in [0, 0.1) is 0 Å². The first kappa shape index (κ1) is 14.5. The minimum Gasteiger partial charge on any atom is -0.475 e. The molecule has 0 spiro atoms. The van der Waals surface area contributed by atoms with E-state index in [0.717, 1.165) is 43.6 Å². The van der Waals surface area contributed by atoms with E-state index in [9.17, 15) is 0 Å². The molecule has 0 radical (unpaired) electrons. The molecule has 0 saturated carbocycles. The molecule has 1 fully saturated rings. The predicted molar refractivity (Wildman–Crippen MR) is 84.4 cm³/mol. The van der Waals surface area contributed by atoms with E-state index in [1.165, 1.54) is 0 Å². The Hall–Kier alpha value is -1.39. The minimum absolute atomic E-state index is 0.346. The van der Waals surface area contributed by atoms with Crippen LogP contribution in [0.15, 0.2) is 46.4 Å². The zero-order chi connectivity index (χ0) is 14.5. The fourth-order valence-corrected chi connectivity index (χ4v) is 2.86. The predicted octanol–water partition coefficient (Wildman–Crippen LogP) is 3.54. The number of halogens is 1. The quantitative estimate of drug-likeness (QED) is 0.780. The molecule has 2 aliphatic heterocycles. The largest absolute Gasteiger partial charge is 0.475 e. The van der Waals surface area contributed by atoms with Crippen LogP contribution in [0.25, 0.3) is 5.57 Å². The molecule has 5 heteroatoms. The molecule has 1 aromatic rings. The number of rotatable bonds is 5. The molecule has 2 aliphatic rings. The van der Waals surface area contributed by atoms with Crippen LogP contribution in [-0.4, -0.2) is 43.1 Å². The summed E-state index contributed by atoms with van der Waals surface area (Å²) in [5.74, 6) is 0.674. The van der Waals surface area contributed by atoms with Gasteiger partial charge in [-0.1, -0.05) is 30.3 Å². The summed E-state index contributed by atoms with van der Waals surface area (Å²) in [4.78, 5) is 2.40. The molecule has 0 aromatic heterocycles. The third-order valence-electron chi connectivity index (χ3n) is 3.93. The topological polar surface area (TPSA) is 37.2 Å². The zero-order valence-corrected chi connectivity index (χ0v) is 12.8. The lowest BCUT2D eigenvalue weighted by Gasteiger charge is -2.28. The second-order valence-electron chi connectivity index (χ2n) is 5.41. The first-order chi connectivity index (χ1) is 10.3. The van der Waals surface area contributed by atoms with Gasteiger partial charge in [0.1, 0.15) is 6.61 Å². The highest BCUT2D eigenvalue weighted by Gasteiger charge is 2.18. The summed E-state index contributed by atoms with van der Waals surface area (Å²) in [6.07, 6.45) is 2.14. The summed E-state index contributed by atoms with van der Waals surface area (Å²) in [6.45, 7) is 4.30. The standard InChI is InChI=1S/C16H20ClN3O/c17-14-6-8-20(9-7-14)10-11-21-16-15(12-18-19-16)13-4-2-1-3-5-13/h1-5,14H,6-12H2. The van der Waals surface area contributed by atoms with Crippen LogP contribution in [0.3, 0.4) is 0 Å². The van der Waals surface area contributed by atoms with Gasteiger partial charge in [0.25, 0.3) is 0 Å². The lowest BCUT2D eigenvalue weighted by Crippen LogP contribution is -2.36. The highest BCUT2D eigenvalue weighted by atomic mass is 35.5. The molecule has 0 bridgehead atoms. The van der Waals surface area contributed by atoms with E-state index in [-0.39, 0.29) is 0 Å². The van der Waals surface area contributed by atoms with Crippen molar-refractivity contribution in [3.8, 4) is 0 Å². The lowest BCUT2D eigenvalue weighted by molar-refractivity contribution is 0.143. The van der Waals surface area contributed by atoms with Crippen molar-refractivity contribution in [3.63, 3.8) is 0 Å². The molecule has 1 aromatic carbocycles. The van der Waals surface area contributed by atoms with Crippen LogP contribution >= 0.6 is 11.6 Å².